The van der Waals surface area contributed by atoms with E-state index in [0.29, 0.717) is 16.3 Å². The normalized spacial score (nSPS) is 17.7. The molecule has 1 aliphatic rings. The minimum absolute atomic E-state index is 0.172. The van der Waals surface area contributed by atoms with Crippen LogP contribution in [-0.2, 0) is 0 Å². The number of likely N-dealkylation sites (N-methyl/N-ethyl adjacent to an activating group) is 1. The molecule has 1 heterocycles. The van der Waals surface area contributed by atoms with E-state index in [2.05, 4.69) is 17.4 Å². The fraction of sp³-hybridized carbons (Fsp3) is 0.417. The van der Waals surface area contributed by atoms with Gasteiger partial charge < -0.3 is 10.6 Å². The molecule has 18 heavy (non-hydrogen) atoms. The van der Waals surface area contributed by atoms with Gasteiger partial charge in [-0.1, -0.05) is 11.6 Å². The van der Waals surface area contributed by atoms with Crippen LogP contribution in [0.15, 0.2) is 18.2 Å². The van der Waals surface area contributed by atoms with E-state index >= 15 is 0 Å². The van der Waals surface area contributed by atoms with Gasteiger partial charge in [0.1, 0.15) is 0 Å². The molecule has 1 aliphatic heterocycles. The molecule has 5 nitrogen and oxygen atoms in total. The average molecular weight is 269 g/mol. The van der Waals surface area contributed by atoms with Crippen LogP contribution in [0.25, 0.3) is 0 Å². The third kappa shape index (κ3) is 3.35. The van der Waals surface area contributed by atoms with Crippen molar-refractivity contribution in [3.8, 4) is 0 Å². The number of benzene rings is 1. The zero-order chi connectivity index (χ0) is 13.1. The third-order valence-electron chi connectivity index (χ3n) is 2.95. The van der Waals surface area contributed by atoms with E-state index in [4.69, 9.17) is 17.3 Å². The Kier molecular flexibility index (Phi) is 4.06. The molecule has 0 bridgehead atoms. The number of hydrazine groups is 1. The summed E-state index contributed by atoms with van der Waals surface area (Å²) in [6, 6.07) is 4.86. The molecule has 2 rings (SSSR count). The summed E-state index contributed by atoms with van der Waals surface area (Å²) in [7, 11) is 2.07. The lowest BCUT2D eigenvalue weighted by Gasteiger charge is -2.32. The van der Waals surface area contributed by atoms with E-state index in [-0.39, 0.29) is 5.91 Å². The fourth-order valence-corrected chi connectivity index (χ4v) is 2.11. The van der Waals surface area contributed by atoms with Gasteiger partial charge in [0.25, 0.3) is 5.91 Å². The molecule has 0 aliphatic carbocycles. The number of hydrogen-bond acceptors (Lipinski definition) is 4. The summed E-state index contributed by atoms with van der Waals surface area (Å²) in [6.45, 7) is 3.52. The number of anilines is 1. The van der Waals surface area contributed by atoms with Crippen LogP contribution in [0.5, 0.6) is 0 Å². The monoisotopic (exact) mass is 268 g/mol. The Morgan fingerprint density at radius 1 is 1.28 bits per heavy atom. The number of nitrogens with one attached hydrogen (secondary N) is 1. The number of carbonyl (C=O) groups is 1. The lowest BCUT2D eigenvalue weighted by Crippen LogP contribution is -2.52. The van der Waals surface area contributed by atoms with Gasteiger partial charge in [-0.3, -0.25) is 10.2 Å². The maximum Gasteiger partial charge on any atom is 0.265 e. The minimum Gasteiger partial charge on any atom is -0.399 e. The van der Waals surface area contributed by atoms with E-state index in [0.717, 1.165) is 26.2 Å². The van der Waals surface area contributed by atoms with E-state index in [9.17, 15) is 4.79 Å². The quantitative estimate of drug-likeness (QED) is 0.780. The van der Waals surface area contributed by atoms with Crippen molar-refractivity contribution in [2.24, 2.45) is 0 Å². The fourth-order valence-electron chi connectivity index (χ4n) is 1.87. The maximum atomic E-state index is 12.0. The van der Waals surface area contributed by atoms with E-state index in [1.165, 1.54) is 0 Å². The average Bonchev–Trinajstić information content (AvgIpc) is 2.31. The van der Waals surface area contributed by atoms with Crippen LogP contribution < -0.4 is 11.2 Å². The Bertz CT molecular complexity index is 423. The first-order valence-corrected chi connectivity index (χ1v) is 6.23. The summed E-state index contributed by atoms with van der Waals surface area (Å²) in [4.78, 5) is 14.2. The largest absolute Gasteiger partial charge is 0.399 e. The van der Waals surface area contributed by atoms with Crippen molar-refractivity contribution >= 4 is 23.2 Å². The highest BCUT2D eigenvalue weighted by atomic mass is 35.5. The van der Waals surface area contributed by atoms with E-state index in [1.807, 2.05) is 5.01 Å². The molecule has 1 aromatic rings. The Morgan fingerprint density at radius 2 is 1.94 bits per heavy atom. The number of carbonyl (C=O) groups excluding carboxylic acids is 1. The molecule has 1 amide bonds. The molecule has 6 heteroatoms. The molecule has 0 aromatic heterocycles. The summed E-state index contributed by atoms with van der Waals surface area (Å²) >= 11 is 5.88. The molecule has 0 saturated carbocycles. The Morgan fingerprint density at radius 3 is 2.56 bits per heavy atom. The first-order chi connectivity index (χ1) is 8.54. The first kappa shape index (κ1) is 13.1. The molecule has 0 spiro atoms. The summed E-state index contributed by atoms with van der Waals surface area (Å²) < 4.78 is 0. The van der Waals surface area contributed by atoms with Crippen molar-refractivity contribution in [3.05, 3.63) is 28.8 Å². The number of nitrogens with two attached hydrogens (primary N) is 1. The highest BCUT2D eigenvalue weighted by molar-refractivity contribution is 6.31. The molecule has 1 aromatic carbocycles. The number of hydrogen-bond donors (Lipinski definition) is 2. The molecule has 0 unspecified atom stereocenters. The summed E-state index contributed by atoms with van der Waals surface area (Å²) in [5.41, 5.74) is 9.50. The highest BCUT2D eigenvalue weighted by Crippen LogP contribution is 2.16. The van der Waals surface area contributed by atoms with Crippen molar-refractivity contribution in [3.63, 3.8) is 0 Å². The van der Waals surface area contributed by atoms with Gasteiger partial charge >= 0.3 is 0 Å². The van der Waals surface area contributed by atoms with Gasteiger partial charge in [-0.05, 0) is 25.2 Å². The van der Waals surface area contributed by atoms with Crippen LogP contribution in [0.3, 0.4) is 0 Å². The van der Waals surface area contributed by atoms with Gasteiger partial charge in [-0.15, -0.1) is 0 Å². The molecule has 1 saturated heterocycles. The molecule has 98 valence electrons. The second-order valence-corrected chi connectivity index (χ2v) is 4.94. The Labute approximate surface area is 111 Å². The van der Waals surface area contributed by atoms with Gasteiger partial charge in [0.15, 0.2) is 0 Å². The number of rotatable bonds is 2. The second-order valence-electron chi connectivity index (χ2n) is 4.50. The lowest BCUT2D eigenvalue weighted by atomic mass is 10.2. The molecule has 0 atom stereocenters. The zero-order valence-corrected chi connectivity index (χ0v) is 11.1. The van der Waals surface area contributed by atoms with Crippen LogP contribution >= 0.6 is 11.6 Å². The van der Waals surface area contributed by atoms with Gasteiger partial charge in [0.05, 0.1) is 0 Å². The van der Waals surface area contributed by atoms with Crippen molar-refractivity contribution in [2.75, 3.05) is 39.0 Å². The van der Waals surface area contributed by atoms with Crippen molar-refractivity contribution in [2.45, 2.75) is 0 Å². The lowest BCUT2D eigenvalue weighted by molar-refractivity contribution is 0.0662. The number of amides is 1. The van der Waals surface area contributed by atoms with Crippen LogP contribution in [-0.4, -0.2) is 49.0 Å². The number of halogens is 1. The van der Waals surface area contributed by atoms with Gasteiger partial charge in [0.2, 0.25) is 0 Å². The molecule has 3 N–H and O–H groups in total. The molecule has 1 fully saturated rings. The van der Waals surface area contributed by atoms with Crippen molar-refractivity contribution < 1.29 is 4.79 Å². The summed E-state index contributed by atoms with van der Waals surface area (Å²) in [5, 5.41) is 2.39. The van der Waals surface area contributed by atoms with E-state index in [1.54, 1.807) is 18.2 Å². The highest BCUT2D eigenvalue weighted by Gasteiger charge is 2.16. The Hall–Kier alpha value is -1.30. The maximum absolute atomic E-state index is 12.0. The Balaban J connectivity index is 1.99. The zero-order valence-electron chi connectivity index (χ0n) is 10.3. The molecule has 0 radical (unpaired) electrons. The van der Waals surface area contributed by atoms with Crippen LogP contribution in [0.4, 0.5) is 5.69 Å². The predicted molar refractivity (Wildman–Crippen MR) is 72.4 cm³/mol. The standard InChI is InChI=1S/C12H17ClN4O/c1-16-2-4-17(5-3-16)15-12(18)9-6-10(13)8-11(14)7-9/h6-8H,2-5,14H2,1H3,(H,15,18). The second kappa shape index (κ2) is 5.56. The minimum atomic E-state index is -0.172. The topological polar surface area (TPSA) is 61.6 Å². The van der Waals surface area contributed by atoms with Crippen molar-refractivity contribution in [1.29, 1.82) is 0 Å². The van der Waals surface area contributed by atoms with Crippen molar-refractivity contribution in [1.82, 2.24) is 15.3 Å². The van der Waals surface area contributed by atoms with E-state index < -0.39 is 0 Å². The van der Waals surface area contributed by atoms with Crippen LogP contribution in [0, 0.1) is 0 Å². The summed E-state index contributed by atoms with van der Waals surface area (Å²) in [5.74, 6) is -0.172. The number of piperazine rings is 1. The first-order valence-electron chi connectivity index (χ1n) is 5.85. The van der Waals surface area contributed by atoms with Gasteiger partial charge in [0, 0.05) is 42.5 Å². The SMILES string of the molecule is CN1CCN(NC(=O)c2cc(N)cc(Cl)c2)CC1. The molecular formula is C12H17ClN4O. The van der Waals surface area contributed by atoms with Gasteiger partial charge in [-0.25, -0.2) is 5.01 Å². The number of nitrogen functional groups attached to an aromatic ring is 1. The number of nitrogens with zero attached hydrogens (tertiary/aromatic N) is 2. The third-order valence-corrected chi connectivity index (χ3v) is 3.16. The van der Waals surface area contributed by atoms with Crippen LogP contribution in [0.2, 0.25) is 5.02 Å². The predicted octanol–water partition coefficient (Wildman–Crippen LogP) is 0.814. The van der Waals surface area contributed by atoms with Gasteiger partial charge in [-0.2, -0.15) is 0 Å². The molecular weight excluding hydrogens is 252 g/mol. The summed E-state index contributed by atoms with van der Waals surface area (Å²) in [6.07, 6.45) is 0. The van der Waals surface area contributed by atoms with Crippen LogP contribution in [0.1, 0.15) is 10.4 Å². The smallest absolute Gasteiger partial charge is 0.265 e.